The Labute approximate surface area is 138 Å². The number of para-hydroxylation sites is 1. The molecule has 0 saturated heterocycles. The van der Waals surface area contributed by atoms with Crippen molar-refractivity contribution in [3.8, 4) is 17.2 Å². The Morgan fingerprint density at radius 3 is 2.78 bits per heavy atom. The first-order valence-electron chi connectivity index (χ1n) is 6.79. The summed E-state index contributed by atoms with van der Waals surface area (Å²) < 4.78 is 5.25. The lowest BCUT2D eigenvalue weighted by Crippen LogP contribution is -2.17. The van der Waals surface area contributed by atoms with Crippen molar-refractivity contribution in [3.63, 3.8) is 0 Å². The molecule has 2 aromatic rings. The van der Waals surface area contributed by atoms with E-state index in [9.17, 15) is 15.0 Å². The number of phenols is 2. The summed E-state index contributed by atoms with van der Waals surface area (Å²) >= 11 is 5.90. The van der Waals surface area contributed by atoms with Crippen LogP contribution in [0, 0.1) is 0 Å². The van der Waals surface area contributed by atoms with Crippen LogP contribution in [0.4, 0.5) is 0 Å². The predicted molar refractivity (Wildman–Crippen MR) is 87.5 cm³/mol. The number of hydrogen-bond acceptors (Lipinski definition) is 5. The van der Waals surface area contributed by atoms with E-state index >= 15 is 0 Å². The van der Waals surface area contributed by atoms with Gasteiger partial charge in [0.2, 0.25) is 0 Å². The highest BCUT2D eigenvalue weighted by molar-refractivity contribution is 6.32. The van der Waals surface area contributed by atoms with E-state index < -0.39 is 5.91 Å². The Kier molecular flexibility index (Phi) is 5.43. The van der Waals surface area contributed by atoms with Crippen molar-refractivity contribution in [2.45, 2.75) is 6.92 Å². The molecule has 3 N–H and O–H groups in total. The molecule has 0 aliphatic rings. The number of phenolic OH excluding ortho intramolecular Hbond substituents is 2. The van der Waals surface area contributed by atoms with Gasteiger partial charge in [-0.05, 0) is 36.8 Å². The van der Waals surface area contributed by atoms with Crippen molar-refractivity contribution in [2.75, 3.05) is 6.61 Å². The van der Waals surface area contributed by atoms with Crippen LogP contribution in [-0.2, 0) is 0 Å². The molecule has 0 aromatic heterocycles. The van der Waals surface area contributed by atoms with Gasteiger partial charge in [0.05, 0.1) is 23.4 Å². The molecule has 2 rings (SSSR count). The van der Waals surface area contributed by atoms with Crippen molar-refractivity contribution in [1.82, 2.24) is 5.43 Å². The Morgan fingerprint density at radius 1 is 1.35 bits per heavy atom. The average molecular weight is 335 g/mol. The van der Waals surface area contributed by atoms with Gasteiger partial charge in [0.15, 0.2) is 11.5 Å². The summed E-state index contributed by atoms with van der Waals surface area (Å²) in [6.07, 6.45) is 1.35. The maximum Gasteiger partial charge on any atom is 0.275 e. The van der Waals surface area contributed by atoms with Gasteiger partial charge in [0, 0.05) is 0 Å². The highest BCUT2D eigenvalue weighted by Crippen LogP contribution is 2.34. The molecule has 2 aromatic carbocycles. The second-order valence-corrected chi connectivity index (χ2v) is 4.91. The number of ether oxygens (including phenoxy) is 1. The van der Waals surface area contributed by atoms with Gasteiger partial charge >= 0.3 is 0 Å². The Morgan fingerprint density at radius 2 is 2.09 bits per heavy atom. The van der Waals surface area contributed by atoms with Crippen LogP contribution in [0.25, 0.3) is 0 Å². The summed E-state index contributed by atoms with van der Waals surface area (Å²) in [6, 6.07) is 9.16. The number of aromatic hydroxyl groups is 2. The molecule has 7 heteroatoms. The molecule has 0 heterocycles. The number of carbonyl (C=O) groups excluding carboxylic acids is 1. The summed E-state index contributed by atoms with van der Waals surface area (Å²) in [5.74, 6) is -0.599. The quantitative estimate of drug-likeness (QED) is 0.579. The molecule has 0 fully saturated rings. The molecule has 0 bridgehead atoms. The van der Waals surface area contributed by atoms with E-state index in [1.165, 1.54) is 24.4 Å². The van der Waals surface area contributed by atoms with E-state index in [1.54, 1.807) is 25.1 Å². The summed E-state index contributed by atoms with van der Waals surface area (Å²) in [6.45, 7) is 2.15. The summed E-state index contributed by atoms with van der Waals surface area (Å²) in [4.78, 5) is 11.9. The van der Waals surface area contributed by atoms with Gasteiger partial charge in [-0.2, -0.15) is 5.10 Å². The molecular weight excluding hydrogens is 320 g/mol. The van der Waals surface area contributed by atoms with Gasteiger partial charge < -0.3 is 14.9 Å². The predicted octanol–water partition coefficient (Wildman–Crippen LogP) is 2.91. The van der Waals surface area contributed by atoms with Crippen LogP contribution in [0.15, 0.2) is 41.5 Å². The maximum absolute atomic E-state index is 11.9. The van der Waals surface area contributed by atoms with Gasteiger partial charge in [-0.15, -0.1) is 0 Å². The van der Waals surface area contributed by atoms with Crippen LogP contribution < -0.4 is 10.2 Å². The van der Waals surface area contributed by atoms with Crippen LogP contribution in [0.2, 0.25) is 5.02 Å². The molecule has 0 aliphatic carbocycles. The van der Waals surface area contributed by atoms with E-state index in [1.807, 2.05) is 0 Å². The minimum absolute atomic E-state index is 0.114. The van der Waals surface area contributed by atoms with Gasteiger partial charge in [-0.3, -0.25) is 4.79 Å². The SMILES string of the molecule is CCOc1cc(C=NNC(=O)c2ccccc2O)cc(Cl)c1O. The van der Waals surface area contributed by atoms with Crippen molar-refractivity contribution in [1.29, 1.82) is 0 Å². The van der Waals surface area contributed by atoms with Gasteiger partial charge in [-0.1, -0.05) is 23.7 Å². The lowest BCUT2D eigenvalue weighted by molar-refractivity contribution is 0.0952. The molecule has 0 spiro atoms. The van der Waals surface area contributed by atoms with E-state index in [0.29, 0.717) is 12.2 Å². The molecule has 0 unspecified atom stereocenters. The third kappa shape index (κ3) is 4.14. The van der Waals surface area contributed by atoms with Crippen LogP contribution in [-0.4, -0.2) is 28.9 Å². The molecule has 6 nitrogen and oxygen atoms in total. The molecule has 0 aliphatic heterocycles. The number of benzene rings is 2. The number of nitrogens with one attached hydrogen (secondary N) is 1. The van der Waals surface area contributed by atoms with Gasteiger partial charge in [0.1, 0.15) is 5.75 Å². The zero-order chi connectivity index (χ0) is 16.8. The number of halogens is 1. The number of nitrogens with zero attached hydrogens (tertiary/aromatic N) is 1. The standard InChI is InChI=1S/C16H15ClN2O4/c1-2-23-14-8-10(7-12(17)15(14)21)9-18-19-16(22)11-5-3-4-6-13(11)20/h3-9,20-21H,2H2,1H3,(H,19,22). The fraction of sp³-hybridized carbons (Fsp3) is 0.125. The van der Waals surface area contributed by atoms with Gasteiger partial charge in [-0.25, -0.2) is 5.43 Å². The Bertz CT molecular complexity index is 747. The first-order valence-corrected chi connectivity index (χ1v) is 7.17. The zero-order valence-electron chi connectivity index (χ0n) is 12.3. The topological polar surface area (TPSA) is 91.2 Å². The fourth-order valence-electron chi connectivity index (χ4n) is 1.83. The molecular formula is C16H15ClN2O4. The highest BCUT2D eigenvalue weighted by atomic mass is 35.5. The number of rotatable bonds is 5. The molecule has 0 radical (unpaired) electrons. The number of hydrogen-bond donors (Lipinski definition) is 3. The first-order chi connectivity index (χ1) is 11.0. The smallest absolute Gasteiger partial charge is 0.275 e. The normalized spacial score (nSPS) is 10.7. The van der Waals surface area contributed by atoms with Crippen LogP contribution in [0.3, 0.4) is 0 Å². The van der Waals surface area contributed by atoms with Gasteiger partial charge in [0.25, 0.3) is 5.91 Å². The zero-order valence-corrected chi connectivity index (χ0v) is 13.0. The van der Waals surface area contributed by atoms with Crippen LogP contribution in [0.5, 0.6) is 17.2 Å². The van der Waals surface area contributed by atoms with Crippen molar-refractivity contribution >= 4 is 23.7 Å². The summed E-state index contributed by atoms with van der Waals surface area (Å²) in [5.41, 5.74) is 2.95. The fourth-order valence-corrected chi connectivity index (χ4v) is 2.04. The molecule has 120 valence electrons. The van der Waals surface area contributed by atoms with Crippen molar-refractivity contribution in [2.24, 2.45) is 5.10 Å². The van der Waals surface area contributed by atoms with E-state index in [4.69, 9.17) is 16.3 Å². The first kappa shape index (κ1) is 16.6. The number of amides is 1. The third-order valence-corrected chi connectivity index (χ3v) is 3.17. The Balaban J connectivity index is 2.12. The minimum Gasteiger partial charge on any atom is -0.507 e. The maximum atomic E-state index is 11.9. The second-order valence-electron chi connectivity index (χ2n) is 4.50. The lowest BCUT2D eigenvalue weighted by Gasteiger charge is -2.08. The number of hydrazone groups is 1. The highest BCUT2D eigenvalue weighted by Gasteiger charge is 2.10. The summed E-state index contributed by atoms with van der Waals surface area (Å²) in [7, 11) is 0. The van der Waals surface area contributed by atoms with Crippen LogP contribution >= 0.6 is 11.6 Å². The molecule has 0 saturated carbocycles. The van der Waals surface area contributed by atoms with Crippen molar-refractivity contribution < 1.29 is 19.7 Å². The largest absolute Gasteiger partial charge is 0.507 e. The molecule has 23 heavy (non-hydrogen) atoms. The Hall–Kier alpha value is -2.73. The van der Waals surface area contributed by atoms with E-state index in [0.717, 1.165) is 0 Å². The lowest BCUT2D eigenvalue weighted by atomic mass is 10.2. The second kappa shape index (κ2) is 7.51. The van der Waals surface area contributed by atoms with Crippen molar-refractivity contribution in [3.05, 3.63) is 52.5 Å². The summed E-state index contributed by atoms with van der Waals surface area (Å²) in [5, 5.41) is 23.2. The monoisotopic (exact) mass is 334 g/mol. The van der Waals surface area contributed by atoms with Crippen LogP contribution in [0.1, 0.15) is 22.8 Å². The van der Waals surface area contributed by atoms with E-state index in [-0.39, 0.29) is 27.8 Å². The molecule has 0 atom stereocenters. The number of carbonyl (C=O) groups is 1. The molecule has 1 amide bonds. The minimum atomic E-state index is -0.547. The average Bonchev–Trinajstić information content (AvgIpc) is 2.52. The van der Waals surface area contributed by atoms with E-state index in [2.05, 4.69) is 10.5 Å². The third-order valence-electron chi connectivity index (χ3n) is 2.88.